The van der Waals surface area contributed by atoms with Crippen molar-refractivity contribution in [2.75, 3.05) is 7.11 Å². The monoisotopic (exact) mass is 218 g/mol. The van der Waals surface area contributed by atoms with E-state index < -0.39 is 0 Å². The molecule has 2 heteroatoms. The van der Waals surface area contributed by atoms with Gasteiger partial charge in [0.05, 0.1) is 7.11 Å². The minimum absolute atomic E-state index is 0.166. The molecule has 0 aliphatic heterocycles. The lowest BCUT2D eigenvalue weighted by Crippen LogP contribution is -2.21. The van der Waals surface area contributed by atoms with E-state index in [1.807, 2.05) is 13.0 Å². The van der Waals surface area contributed by atoms with Crippen LogP contribution in [0.15, 0.2) is 18.2 Å². The lowest BCUT2D eigenvalue weighted by atomic mass is 9.78. The molecule has 2 nitrogen and oxygen atoms in total. The van der Waals surface area contributed by atoms with E-state index in [4.69, 9.17) is 4.74 Å². The number of hydrogen-bond donors (Lipinski definition) is 0. The normalized spacial score (nSPS) is 21.0. The average Bonchev–Trinajstić information content (AvgIpc) is 2.36. The Labute approximate surface area is 96.6 Å². The summed E-state index contributed by atoms with van der Waals surface area (Å²) >= 11 is 0. The highest BCUT2D eigenvalue weighted by atomic mass is 16.5. The van der Waals surface area contributed by atoms with Crippen LogP contribution in [0.1, 0.15) is 24.5 Å². The van der Waals surface area contributed by atoms with Gasteiger partial charge in [-0.2, -0.15) is 0 Å². The number of methoxy groups -OCH3 is 1. The quantitative estimate of drug-likeness (QED) is 0.729. The van der Waals surface area contributed by atoms with Crippen LogP contribution in [-0.2, 0) is 17.6 Å². The van der Waals surface area contributed by atoms with Gasteiger partial charge in [-0.25, -0.2) is 0 Å². The molecule has 0 heterocycles. The first-order valence-electron chi connectivity index (χ1n) is 5.85. The Bertz CT molecular complexity index is 384. The number of aldehydes is 1. The largest absolute Gasteiger partial charge is 0.497 e. The van der Waals surface area contributed by atoms with Gasteiger partial charge in [-0.3, -0.25) is 0 Å². The predicted molar refractivity (Wildman–Crippen MR) is 63.7 cm³/mol. The molecule has 0 fully saturated rings. The van der Waals surface area contributed by atoms with Crippen molar-refractivity contribution in [2.45, 2.75) is 26.2 Å². The lowest BCUT2D eigenvalue weighted by molar-refractivity contribution is -0.112. The SMILES string of the molecule is COc1ccc2c(c1)CC(C(C)C=O)CC2. The molecule has 0 saturated carbocycles. The summed E-state index contributed by atoms with van der Waals surface area (Å²) in [6, 6.07) is 6.28. The number of benzene rings is 1. The molecular formula is C14H18O2. The molecule has 1 aromatic rings. The first-order valence-corrected chi connectivity index (χ1v) is 5.85. The van der Waals surface area contributed by atoms with E-state index in [0.717, 1.165) is 31.3 Å². The maximum Gasteiger partial charge on any atom is 0.123 e. The molecule has 86 valence electrons. The van der Waals surface area contributed by atoms with Crippen LogP contribution in [-0.4, -0.2) is 13.4 Å². The molecule has 0 bridgehead atoms. The lowest BCUT2D eigenvalue weighted by Gasteiger charge is -2.27. The Kier molecular flexibility index (Phi) is 3.28. The molecule has 1 aliphatic rings. The molecule has 0 saturated heterocycles. The Morgan fingerprint density at radius 1 is 1.44 bits per heavy atom. The molecule has 0 amide bonds. The number of rotatable bonds is 3. The summed E-state index contributed by atoms with van der Waals surface area (Å²) in [5.74, 6) is 1.58. The van der Waals surface area contributed by atoms with Crippen molar-refractivity contribution in [1.82, 2.24) is 0 Å². The maximum atomic E-state index is 10.8. The zero-order chi connectivity index (χ0) is 11.5. The fourth-order valence-corrected chi connectivity index (χ4v) is 2.45. The molecular weight excluding hydrogens is 200 g/mol. The predicted octanol–water partition coefficient (Wildman–Crippen LogP) is 2.64. The van der Waals surface area contributed by atoms with Crippen molar-refractivity contribution in [3.8, 4) is 5.75 Å². The highest BCUT2D eigenvalue weighted by Crippen LogP contribution is 2.31. The molecule has 1 aromatic carbocycles. The van der Waals surface area contributed by atoms with Gasteiger partial charge in [0.2, 0.25) is 0 Å². The van der Waals surface area contributed by atoms with Gasteiger partial charge in [0.15, 0.2) is 0 Å². The van der Waals surface area contributed by atoms with E-state index in [9.17, 15) is 4.79 Å². The molecule has 16 heavy (non-hydrogen) atoms. The zero-order valence-electron chi connectivity index (χ0n) is 9.90. The first kappa shape index (κ1) is 11.2. The van der Waals surface area contributed by atoms with Crippen molar-refractivity contribution < 1.29 is 9.53 Å². The Morgan fingerprint density at radius 2 is 2.25 bits per heavy atom. The van der Waals surface area contributed by atoms with Crippen LogP contribution >= 0.6 is 0 Å². The maximum absolute atomic E-state index is 10.8. The van der Waals surface area contributed by atoms with E-state index >= 15 is 0 Å². The highest BCUT2D eigenvalue weighted by Gasteiger charge is 2.23. The van der Waals surface area contributed by atoms with Crippen LogP contribution in [0.3, 0.4) is 0 Å². The number of carbonyl (C=O) groups is 1. The fraction of sp³-hybridized carbons (Fsp3) is 0.500. The third-order valence-corrected chi connectivity index (χ3v) is 3.64. The topological polar surface area (TPSA) is 26.3 Å². The highest BCUT2D eigenvalue weighted by molar-refractivity contribution is 5.54. The van der Waals surface area contributed by atoms with Crippen molar-refractivity contribution in [3.63, 3.8) is 0 Å². The third kappa shape index (κ3) is 2.11. The van der Waals surface area contributed by atoms with Gasteiger partial charge in [-0.15, -0.1) is 0 Å². The fourth-order valence-electron chi connectivity index (χ4n) is 2.45. The number of aryl methyl sites for hydroxylation is 1. The van der Waals surface area contributed by atoms with Gasteiger partial charge in [0, 0.05) is 5.92 Å². The van der Waals surface area contributed by atoms with Crippen LogP contribution in [0.5, 0.6) is 5.75 Å². The molecule has 2 unspecified atom stereocenters. The molecule has 1 aliphatic carbocycles. The van der Waals surface area contributed by atoms with Crippen LogP contribution in [0, 0.1) is 11.8 Å². The summed E-state index contributed by atoms with van der Waals surface area (Å²) in [7, 11) is 1.69. The number of fused-ring (bicyclic) bond motifs is 1. The second-order valence-corrected chi connectivity index (χ2v) is 4.63. The Balaban J connectivity index is 2.21. The summed E-state index contributed by atoms with van der Waals surface area (Å²) in [6.45, 7) is 2.02. The van der Waals surface area contributed by atoms with E-state index in [2.05, 4.69) is 12.1 Å². The van der Waals surface area contributed by atoms with Gasteiger partial charge < -0.3 is 9.53 Å². The molecule has 0 N–H and O–H groups in total. The Hall–Kier alpha value is -1.31. The standard InChI is InChI=1S/C14H18O2/c1-10(9-15)12-4-3-11-5-6-14(16-2)8-13(11)7-12/h5-6,8-10,12H,3-4,7H2,1-2H3. The summed E-state index contributed by atoms with van der Waals surface area (Å²) < 4.78 is 5.23. The Morgan fingerprint density at radius 3 is 2.94 bits per heavy atom. The summed E-state index contributed by atoms with van der Waals surface area (Å²) in [6.07, 6.45) is 4.30. The molecule has 0 aromatic heterocycles. The summed E-state index contributed by atoms with van der Waals surface area (Å²) in [5.41, 5.74) is 2.76. The molecule has 0 spiro atoms. The van der Waals surface area contributed by atoms with Gasteiger partial charge in [0.1, 0.15) is 12.0 Å². The number of hydrogen-bond acceptors (Lipinski definition) is 2. The van der Waals surface area contributed by atoms with Crippen molar-refractivity contribution >= 4 is 6.29 Å². The van der Waals surface area contributed by atoms with Crippen molar-refractivity contribution in [1.29, 1.82) is 0 Å². The van der Waals surface area contributed by atoms with E-state index in [-0.39, 0.29) is 5.92 Å². The minimum Gasteiger partial charge on any atom is -0.497 e. The molecule has 0 radical (unpaired) electrons. The van der Waals surface area contributed by atoms with Crippen LogP contribution in [0.25, 0.3) is 0 Å². The van der Waals surface area contributed by atoms with E-state index in [0.29, 0.717) is 5.92 Å². The third-order valence-electron chi connectivity index (χ3n) is 3.64. The van der Waals surface area contributed by atoms with Gasteiger partial charge in [0.25, 0.3) is 0 Å². The van der Waals surface area contributed by atoms with E-state index in [1.54, 1.807) is 7.11 Å². The number of carbonyl (C=O) groups excluding carboxylic acids is 1. The van der Waals surface area contributed by atoms with Crippen molar-refractivity contribution in [3.05, 3.63) is 29.3 Å². The summed E-state index contributed by atoms with van der Waals surface area (Å²) in [4.78, 5) is 10.8. The number of ether oxygens (including phenoxy) is 1. The van der Waals surface area contributed by atoms with Gasteiger partial charge >= 0.3 is 0 Å². The van der Waals surface area contributed by atoms with Crippen LogP contribution in [0.4, 0.5) is 0 Å². The average molecular weight is 218 g/mol. The van der Waals surface area contributed by atoms with E-state index in [1.165, 1.54) is 11.1 Å². The molecule has 2 atom stereocenters. The first-order chi connectivity index (χ1) is 7.74. The smallest absolute Gasteiger partial charge is 0.123 e. The van der Waals surface area contributed by atoms with Gasteiger partial charge in [-0.1, -0.05) is 13.0 Å². The second kappa shape index (κ2) is 4.69. The van der Waals surface area contributed by atoms with Gasteiger partial charge in [-0.05, 0) is 48.4 Å². The molecule has 2 rings (SSSR count). The van der Waals surface area contributed by atoms with Crippen LogP contribution in [0.2, 0.25) is 0 Å². The van der Waals surface area contributed by atoms with Crippen LogP contribution < -0.4 is 4.74 Å². The van der Waals surface area contributed by atoms with Crippen molar-refractivity contribution in [2.24, 2.45) is 11.8 Å². The zero-order valence-corrected chi connectivity index (χ0v) is 9.90. The summed E-state index contributed by atoms with van der Waals surface area (Å²) in [5, 5.41) is 0. The minimum atomic E-state index is 0.166. The second-order valence-electron chi connectivity index (χ2n) is 4.63.